The second kappa shape index (κ2) is 12.0. The number of carbonyl (C=O) groups is 1. The SMILES string of the molecule is COc1ccc(C=NNC(=O)COc2ccc(Cl)cc2Cl)cc1COc1ccc([N+](=O)[O-])c(C)c1. The van der Waals surface area contributed by atoms with Gasteiger partial charge in [-0.15, -0.1) is 0 Å². The molecule has 0 saturated heterocycles. The van der Waals surface area contributed by atoms with Crippen LogP contribution in [0.25, 0.3) is 0 Å². The highest BCUT2D eigenvalue weighted by Crippen LogP contribution is 2.28. The van der Waals surface area contributed by atoms with Gasteiger partial charge in [-0.3, -0.25) is 14.9 Å². The molecule has 0 aliphatic heterocycles. The molecule has 0 bridgehead atoms. The number of methoxy groups -OCH3 is 1. The van der Waals surface area contributed by atoms with Crippen LogP contribution < -0.4 is 19.6 Å². The lowest BCUT2D eigenvalue weighted by Crippen LogP contribution is -2.24. The van der Waals surface area contributed by atoms with E-state index in [1.807, 2.05) is 0 Å². The van der Waals surface area contributed by atoms with E-state index < -0.39 is 10.8 Å². The number of hydrogen-bond acceptors (Lipinski definition) is 7. The van der Waals surface area contributed by atoms with Crippen LogP contribution in [-0.2, 0) is 11.4 Å². The summed E-state index contributed by atoms with van der Waals surface area (Å²) in [6, 6.07) is 14.5. The zero-order valence-electron chi connectivity index (χ0n) is 18.8. The minimum atomic E-state index is -0.474. The Morgan fingerprint density at radius 2 is 1.86 bits per heavy atom. The molecule has 0 aromatic heterocycles. The summed E-state index contributed by atoms with van der Waals surface area (Å²) in [5, 5.41) is 15.7. The van der Waals surface area contributed by atoms with Crippen molar-refractivity contribution in [1.29, 1.82) is 0 Å². The van der Waals surface area contributed by atoms with Gasteiger partial charge in [-0.2, -0.15) is 5.10 Å². The first-order valence-electron chi connectivity index (χ1n) is 10.2. The summed E-state index contributed by atoms with van der Waals surface area (Å²) in [4.78, 5) is 22.5. The minimum Gasteiger partial charge on any atom is -0.496 e. The topological polar surface area (TPSA) is 112 Å². The average molecular weight is 518 g/mol. The zero-order valence-corrected chi connectivity index (χ0v) is 20.3. The summed E-state index contributed by atoms with van der Waals surface area (Å²) in [5.41, 5.74) is 4.31. The number of nitrogens with one attached hydrogen (secondary N) is 1. The highest BCUT2D eigenvalue weighted by atomic mass is 35.5. The number of carbonyl (C=O) groups excluding carboxylic acids is 1. The van der Waals surface area contributed by atoms with Gasteiger partial charge in [0.05, 0.1) is 23.3 Å². The van der Waals surface area contributed by atoms with Crippen LogP contribution in [0.4, 0.5) is 5.69 Å². The van der Waals surface area contributed by atoms with Crippen molar-refractivity contribution in [3.05, 3.63) is 91.4 Å². The molecule has 3 aromatic rings. The molecular weight excluding hydrogens is 497 g/mol. The third-order valence-electron chi connectivity index (χ3n) is 4.72. The van der Waals surface area contributed by atoms with Gasteiger partial charge < -0.3 is 14.2 Å². The summed E-state index contributed by atoms with van der Waals surface area (Å²) in [6.45, 7) is 1.52. The van der Waals surface area contributed by atoms with Gasteiger partial charge in [0.1, 0.15) is 23.9 Å². The Morgan fingerprint density at radius 1 is 1.09 bits per heavy atom. The number of halogens is 2. The van der Waals surface area contributed by atoms with Crippen LogP contribution >= 0.6 is 23.2 Å². The monoisotopic (exact) mass is 517 g/mol. The molecule has 0 atom stereocenters. The molecule has 0 spiro atoms. The van der Waals surface area contributed by atoms with E-state index in [1.54, 1.807) is 43.3 Å². The Labute approximate surface area is 211 Å². The van der Waals surface area contributed by atoms with Gasteiger partial charge in [-0.1, -0.05) is 23.2 Å². The van der Waals surface area contributed by atoms with Gasteiger partial charge in [0.2, 0.25) is 0 Å². The quantitative estimate of drug-likeness (QED) is 0.221. The first-order valence-corrected chi connectivity index (χ1v) is 11.0. The van der Waals surface area contributed by atoms with Crippen molar-refractivity contribution in [2.24, 2.45) is 5.10 Å². The number of nitro groups is 1. The number of ether oxygens (including phenoxy) is 3. The first kappa shape index (κ1) is 25.8. The number of hydrazone groups is 1. The molecule has 0 heterocycles. The van der Waals surface area contributed by atoms with Gasteiger partial charge in [0.25, 0.3) is 11.6 Å². The van der Waals surface area contributed by atoms with E-state index in [0.29, 0.717) is 38.4 Å². The van der Waals surface area contributed by atoms with E-state index in [2.05, 4.69) is 10.5 Å². The summed E-state index contributed by atoms with van der Waals surface area (Å²) in [7, 11) is 1.54. The molecule has 1 amide bonds. The van der Waals surface area contributed by atoms with Gasteiger partial charge in [-0.25, -0.2) is 5.43 Å². The number of amides is 1. The van der Waals surface area contributed by atoms with Crippen molar-refractivity contribution >= 4 is 41.0 Å². The Balaban J connectivity index is 1.58. The maximum absolute atomic E-state index is 12.0. The molecule has 0 unspecified atom stereocenters. The van der Waals surface area contributed by atoms with Gasteiger partial charge >= 0.3 is 0 Å². The molecule has 0 fully saturated rings. The highest BCUT2D eigenvalue weighted by Gasteiger charge is 2.12. The Kier molecular flexibility index (Phi) is 8.88. The smallest absolute Gasteiger partial charge is 0.277 e. The molecule has 0 aliphatic carbocycles. The molecule has 0 radical (unpaired) electrons. The second-order valence-corrected chi connectivity index (χ2v) is 8.07. The van der Waals surface area contributed by atoms with Crippen LogP contribution in [0.15, 0.2) is 59.7 Å². The molecule has 0 saturated carbocycles. The van der Waals surface area contributed by atoms with Crippen LogP contribution in [0, 0.1) is 17.0 Å². The summed E-state index contributed by atoms with van der Waals surface area (Å²) >= 11 is 11.8. The molecule has 11 heteroatoms. The molecule has 9 nitrogen and oxygen atoms in total. The Bertz CT molecular complexity index is 1270. The van der Waals surface area contributed by atoms with Crippen molar-refractivity contribution in [2.45, 2.75) is 13.5 Å². The Morgan fingerprint density at radius 3 is 2.54 bits per heavy atom. The molecule has 3 rings (SSSR count). The zero-order chi connectivity index (χ0) is 25.4. The van der Waals surface area contributed by atoms with Crippen LogP contribution in [0.1, 0.15) is 16.7 Å². The lowest BCUT2D eigenvalue weighted by Gasteiger charge is -2.11. The van der Waals surface area contributed by atoms with Gasteiger partial charge in [0.15, 0.2) is 6.61 Å². The third-order valence-corrected chi connectivity index (χ3v) is 5.25. The molecule has 1 N–H and O–H groups in total. The third kappa shape index (κ3) is 7.33. The largest absolute Gasteiger partial charge is 0.496 e. The number of rotatable bonds is 10. The van der Waals surface area contributed by atoms with Crippen LogP contribution in [0.2, 0.25) is 10.0 Å². The lowest BCUT2D eigenvalue weighted by atomic mass is 10.1. The normalized spacial score (nSPS) is 10.7. The second-order valence-electron chi connectivity index (χ2n) is 7.22. The fourth-order valence-corrected chi connectivity index (χ4v) is 3.48. The number of nitrogens with zero attached hydrogens (tertiary/aromatic N) is 2. The Hall–Kier alpha value is -3.82. The van der Waals surface area contributed by atoms with Crippen molar-refractivity contribution < 1.29 is 23.9 Å². The molecule has 0 aliphatic rings. The van der Waals surface area contributed by atoms with Gasteiger partial charge in [0, 0.05) is 22.2 Å². The first-order chi connectivity index (χ1) is 16.8. The number of hydrogen-bond donors (Lipinski definition) is 1. The summed E-state index contributed by atoms with van der Waals surface area (Å²) in [6.07, 6.45) is 1.46. The fraction of sp³-hybridized carbons (Fsp3) is 0.167. The van der Waals surface area contributed by atoms with Crippen LogP contribution in [0.5, 0.6) is 17.2 Å². The maximum Gasteiger partial charge on any atom is 0.277 e. The van der Waals surface area contributed by atoms with Crippen molar-refractivity contribution in [2.75, 3.05) is 13.7 Å². The summed E-state index contributed by atoms with van der Waals surface area (Å²) in [5.74, 6) is 0.941. The van der Waals surface area contributed by atoms with E-state index in [0.717, 1.165) is 5.56 Å². The summed E-state index contributed by atoms with van der Waals surface area (Å²) < 4.78 is 16.5. The van der Waals surface area contributed by atoms with E-state index in [9.17, 15) is 14.9 Å². The average Bonchev–Trinajstić information content (AvgIpc) is 2.82. The maximum atomic E-state index is 12.0. The fourth-order valence-electron chi connectivity index (χ4n) is 3.02. The molecular formula is C24H21Cl2N3O6. The highest BCUT2D eigenvalue weighted by molar-refractivity contribution is 6.35. The van der Waals surface area contributed by atoms with E-state index in [4.69, 9.17) is 37.4 Å². The lowest BCUT2D eigenvalue weighted by molar-refractivity contribution is -0.385. The molecule has 35 heavy (non-hydrogen) atoms. The standard InChI is InChI=1S/C24H21Cl2N3O6/c1-15-9-19(5-6-21(15)29(31)32)34-13-17-10-16(3-7-22(17)33-2)12-27-28-24(30)14-35-23-8-4-18(25)11-20(23)26/h3-12H,13-14H2,1-2H3,(H,28,30). The number of benzene rings is 3. The molecule has 3 aromatic carbocycles. The molecule has 182 valence electrons. The van der Waals surface area contributed by atoms with E-state index in [-0.39, 0.29) is 18.9 Å². The number of nitro benzene ring substituents is 1. The number of aryl methyl sites for hydroxylation is 1. The van der Waals surface area contributed by atoms with Gasteiger partial charge in [-0.05, 0) is 61.0 Å². The minimum absolute atomic E-state index is 0.0249. The predicted octanol–water partition coefficient (Wildman–Crippen LogP) is 5.33. The van der Waals surface area contributed by atoms with Crippen molar-refractivity contribution in [3.63, 3.8) is 0 Å². The van der Waals surface area contributed by atoms with Crippen LogP contribution in [-0.4, -0.2) is 30.8 Å². The predicted molar refractivity (Wildman–Crippen MR) is 133 cm³/mol. The van der Waals surface area contributed by atoms with Crippen molar-refractivity contribution in [3.8, 4) is 17.2 Å². The van der Waals surface area contributed by atoms with E-state index >= 15 is 0 Å². The van der Waals surface area contributed by atoms with E-state index in [1.165, 1.54) is 31.5 Å². The van der Waals surface area contributed by atoms with Crippen molar-refractivity contribution in [1.82, 2.24) is 5.43 Å². The van der Waals surface area contributed by atoms with Crippen LogP contribution in [0.3, 0.4) is 0 Å².